The lowest BCUT2D eigenvalue weighted by molar-refractivity contribution is 0.368. The Hall–Kier alpha value is -1.72. The molecule has 2 rings (SSSR count). The highest BCUT2D eigenvalue weighted by molar-refractivity contribution is 6.58. The van der Waals surface area contributed by atoms with E-state index in [4.69, 9.17) is 9.47 Å². The van der Waals surface area contributed by atoms with Gasteiger partial charge in [-0.05, 0) is 50.2 Å². The van der Waals surface area contributed by atoms with Gasteiger partial charge in [0.2, 0.25) is 0 Å². The highest BCUT2D eigenvalue weighted by Gasteiger charge is 2.31. The highest BCUT2D eigenvalue weighted by Crippen LogP contribution is 2.46. The molecule has 0 amide bonds. The smallest absolute Gasteiger partial charge is 0.488 e. The van der Waals surface area contributed by atoms with Crippen molar-refractivity contribution < 1.29 is 19.5 Å². The molecule has 1 aliphatic carbocycles. The van der Waals surface area contributed by atoms with Crippen LogP contribution in [0, 0.1) is 5.92 Å². The molecule has 0 bridgehead atoms. The number of benzene rings is 1. The van der Waals surface area contributed by atoms with Crippen LogP contribution < -0.4 is 14.9 Å². The van der Waals surface area contributed by atoms with Gasteiger partial charge in [0.15, 0.2) is 0 Å². The second-order valence-corrected chi connectivity index (χ2v) is 6.24. The van der Waals surface area contributed by atoms with Crippen molar-refractivity contribution in [2.75, 3.05) is 14.2 Å². The summed E-state index contributed by atoms with van der Waals surface area (Å²) in [5, 5.41) is 18.9. The Labute approximate surface area is 138 Å². The maximum atomic E-state index is 9.47. The van der Waals surface area contributed by atoms with Crippen molar-refractivity contribution in [1.82, 2.24) is 0 Å². The lowest BCUT2D eigenvalue weighted by atomic mass is 9.72. The monoisotopic (exact) mass is 316 g/mol. The van der Waals surface area contributed by atoms with Gasteiger partial charge in [-0.25, -0.2) is 0 Å². The average Bonchev–Trinajstić information content (AvgIpc) is 2.52. The molecule has 0 fully saturated rings. The van der Waals surface area contributed by atoms with Crippen LogP contribution in [0.15, 0.2) is 35.9 Å². The Morgan fingerprint density at radius 3 is 2.22 bits per heavy atom. The second-order valence-electron chi connectivity index (χ2n) is 6.24. The summed E-state index contributed by atoms with van der Waals surface area (Å²) in [4.78, 5) is 0. The Kier molecular flexibility index (Phi) is 5.55. The van der Waals surface area contributed by atoms with Crippen molar-refractivity contribution in [3.8, 4) is 11.5 Å². The number of rotatable bonds is 5. The molecule has 2 N–H and O–H groups in total. The van der Waals surface area contributed by atoms with Gasteiger partial charge in [-0.2, -0.15) is 0 Å². The maximum Gasteiger partial charge on any atom is 0.488 e. The zero-order valence-corrected chi connectivity index (χ0v) is 14.3. The molecule has 0 aromatic heterocycles. The van der Waals surface area contributed by atoms with Crippen molar-refractivity contribution in [1.29, 1.82) is 0 Å². The lowest BCUT2D eigenvalue weighted by Crippen LogP contribution is -2.30. The Morgan fingerprint density at radius 1 is 1.22 bits per heavy atom. The Morgan fingerprint density at radius 2 is 1.78 bits per heavy atom. The molecule has 0 aliphatic heterocycles. The van der Waals surface area contributed by atoms with Crippen LogP contribution in [0.25, 0.3) is 0 Å². The molecule has 1 aromatic rings. The maximum absolute atomic E-state index is 9.47. The molecule has 0 saturated heterocycles. The zero-order valence-electron chi connectivity index (χ0n) is 14.3. The zero-order chi connectivity index (χ0) is 17.1. The van der Waals surface area contributed by atoms with E-state index in [-0.39, 0.29) is 5.92 Å². The fraction of sp³-hybridized carbons (Fsp3) is 0.444. The van der Waals surface area contributed by atoms with Crippen LogP contribution in [0.3, 0.4) is 0 Å². The number of ether oxygens (including phenoxy) is 2. The quantitative estimate of drug-likeness (QED) is 0.647. The van der Waals surface area contributed by atoms with Crippen LogP contribution in [-0.2, 0) is 0 Å². The summed E-state index contributed by atoms with van der Waals surface area (Å²) in [7, 11) is 1.61. The van der Waals surface area contributed by atoms with E-state index in [0.717, 1.165) is 24.0 Å². The van der Waals surface area contributed by atoms with Crippen molar-refractivity contribution in [3.63, 3.8) is 0 Å². The van der Waals surface area contributed by atoms with Crippen molar-refractivity contribution in [3.05, 3.63) is 41.5 Å². The molecular weight excluding hydrogens is 291 g/mol. The average molecular weight is 316 g/mol. The minimum atomic E-state index is -1.56. The first kappa shape index (κ1) is 17.6. The lowest BCUT2D eigenvalue weighted by Gasteiger charge is -2.32. The van der Waals surface area contributed by atoms with E-state index in [0.29, 0.717) is 22.9 Å². The second kappa shape index (κ2) is 7.24. The summed E-state index contributed by atoms with van der Waals surface area (Å²) >= 11 is 0. The fourth-order valence-electron chi connectivity index (χ4n) is 3.34. The molecule has 0 heterocycles. The normalized spacial score (nSPS) is 20.7. The van der Waals surface area contributed by atoms with Crippen LogP contribution >= 0.6 is 0 Å². The summed E-state index contributed by atoms with van der Waals surface area (Å²) in [6, 6.07) is 3.32. The first-order valence-electron chi connectivity index (χ1n) is 7.83. The third-order valence-electron chi connectivity index (χ3n) is 4.58. The summed E-state index contributed by atoms with van der Waals surface area (Å²) < 4.78 is 11.1. The Bertz CT molecular complexity index is 596. The minimum absolute atomic E-state index is 0.107. The Balaban J connectivity index is 2.63. The third kappa shape index (κ3) is 3.62. The van der Waals surface area contributed by atoms with Gasteiger partial charge in [0.1, 0.15) is 11.5 Å². The standard InChI is InChI=1S/C18H25BO4/c1-11(2)14-7-6-12(3)8-15(14)18-16(22-4)9-13(19(20)21)10-17(18)23-5/h8-10,14-15,20-21H,1,6-7H2,2-5H3/t14-,15+/m0/s1. The van der Waals surface area contributed by atoms with Crippen LogP contribution in [-0.4, -0.2) is 31.4 Å². The largest absolute Gasteiger partial charge is 0.496 e. The summed E-state index contributed by atoms with van der Waals surface area (Å²) in [6.07, 6.45) is 4.35. The molecule has 124 valence electrons. The van der Waals surface area contributed by atoms with Crippen molar-refractivity contribution in [2.24, 2.45) is 5.92 Å². The van der Waals surface area contributed by atoms with Gasteiger partial charge in [0.25, 0.3) is 0 Å². The van der Waals surface area contributed by atoms with Gasteiger partial charge in [-0.3, -0.25) is 0 Å². The minimum Gasteiger partial charge on any atom is -0.496 e. The fourth-order valence-corrected chi connectivity index (χ4v) is 3.34. The molecule has 0 spiro atoms. The number of methoxy groups -OCH3 is 2. The molecule has 0 saturated carbocycles. The molecule has 23 heavy (non-hydrogen) atoms. The van der Waals surface area contributed by atoms with E-state index in [2.05, 4.69) is 26.5 Å². The van der Waals surface area contributed by atoms with Crippen LogP contribution in [0.1, 0.15) is 38.2 Å². The van der Waals surface area contributed by atoms with E-state index >= 15 is 0 Å². The predicted octanol–water partition coefficient (Wildman–Crippen LogP) is 2.40. The predicted molar refractivity (Wildman–Crippen MR) is 93.4 cm³/mol. The topological polar surface area (TPSA) is 58.9 Å². The van der Waals surface area contributed by atoms with Gasteiger partial charge >= 0.3 is 7.12 Å². The first-order valence-corrected chi connectivity index (χ1v) is 7.83. The van der Waals surface area contributed by atoms with E-state index in [9.17, 15) is 10.0 Å². The molecule has 1 aliphatic rings. The summed E-state index contributed by atoms with van der Waals surface area (Å²) in [6.45, 7) is 8.33. The van der Waals surface area contributed by atoms with Gasteiger partial charge in [-0.15, -0.1) is 0 Å². The molecule has 1 aromatic carbocycles. The SMILES string of the molecule is C=C(C)[C@@H]1CCC(C)=C[C@H]1c1c(OC)cc(B(O)O)cc1OC. The summed E-state index contributed by atoms with van der Waals surface area (Å²) in [5.41, 5.74) is 3.76. The third-order valence-corrected chi connectivity index (χ3v) is 4.58. The van der Waals surface area contributed by atoms with Gasteiger partial charge in [-0.1, -0.05) is 23.8 Å². The first-order chi connectivity index (χ1) is 10.9. The van der Waals surface area contributed by atoms with E-state index < -0.39 is 7.12 Å². The van der Waals surface area contributed by atoms with Crippen LogP contribution in [0.2, 0.25) is 0 Å². The van der Waals surface area contributed by atoms with E-state index in [1.54, 1.807) is 26.4 Å². The van der Waals surface area contributed by atoms with Gasteiger partial charge in [0, 0.05) is 11.5 Å². The number of allylic oxidation sites excluding steroid dienone is 3. The van der Waals surface area contributed by atoms with E-state index in [1.807, 2.05) is 0 Å². The van der Waals surface area contributed by atoms with Crippen molar-refractivity contribution in [2.45, 2.75) is 32.6 Å². The van der Waals surface area contributed by atoms with Crippen molar-refractivity contribution >= 4 is 12.6 Å². The van der Waals surface area contributed by atoms with Crippen LogP contribution in [0.4, 0.5) is 0 Å². The highest BCUT2D eigenvalue weighted by atomic mass is 16.5. The molecular formula is C18H25BO4. The molecule has 4 nitrogen and oxygen atoms in total. The molecule has 0 unspecified atom stereocenters. The van der Waals surface area contributed by atoms with E-state index in [1.165, 1.54) is 5.57 Å². The number of hydrogen-bond acceptors (Lipinski definition) is 4. The van der Waals surface area contributed by atoms with Crippen LogP contribution in [0.5, 0.6) is 11.5 Å². The molecule has 2 atom stereocenters. The molecule has 5 heteroatoms. The van der Waals surface area contributed by atoms with Gasteiger partial charge < -0.3 is 19.5 Å². The number of hydrogen-bond donors (Lipinski definition) is 2. The summed E-state index contributed by atoms with van der Waals surface area (Å²) in [5.74, 6) is 1.63. The molecule has 0 radical (unpaired) electrons. The van der Waals surface area contributed by atoms with Gasteiger partial charge in [0.05, 0.1) is 14.2 Å².